The van der Waals surface area contributed by atoms with E-state index in [-0.39, 0.29) is 5.33 Å². The van der Waals surface area contributed by atoms with Crippen LogP contribution in [0.15, 0.2) is 0 Å². The van der Waals surface area contributed by atoms with Gasteiger partial charge in [0.15, 0.2) is 0 Å². The van der Waals surface area contributed by atoms with Crippen molar-refractivity contribution in [1.82, 2.24) is 0 Å². The second-order valence-electron chi connectivity index (χ2n) is 3.11. The molecule has 0 rings (SSSR count). The highest BCUT2D eigenvalue weighted by Crippen LogP contribution is 2.60. The summed E-state index contributed by atoms with van der Waals surface area (Å²) in [6.07, 6.45) is 0. The highest BCUT2D eigenvalue weighted by atomic mass is 79.9. The van der Waals surface area contributed by atoms with Gasteiger partial charge in [-0.25, -0.2) is 9.13 Å². The largest absolute Gasteiger partial charge is 0.481 e. The molecule has 0 fully saturated rings. The quantitative estimate of drug-likeness (QED) is 0.462. The molecule has 0 aliphatic carbocycles. The lowest BCUT2D eigenvalue weighted by molar-refractivity contribution is 0.0207. The van der Waals surface area contributed by atoms with E-state index in [9.17, 15) is 14.2 Å². The maximum atomic E-state index is 11.1. The van der Waals surface area contributed by atoms with Crippen LogP contribution in [0.2, 0.25) is 0 Å². The first kappa shape index (κ1) is 16.7. The first-order chi connectivity index (χ1) is 7.04. The molecular formula is C5H13BrO8P2. The van der Waals surface area contributed by atoms with Gasteiger partial charge in [-0.3, -0.25) is 9.05 Å². The Morgan fingerprint density at radius 2 is 1.81 bits per heavy atom. The molecule has 0 saturated carbocycles. The zero-order chi connectivity index (χ0) is 13.0. The Hall–Kier alpha value is 0.700. The molecule has 3 unspecified atom stereocenters. The monoisotopic (exact) mass is 342 g/mol. The fraction of sp³-hybridized carbons (Fsp3) is 1.00. The highest BCUT2D eigenvalue weighted by molar-refractivity contribution is 9.09. The summed E-state index contributed by atoms with van der Waals surface area (Å²) in [6.45, 7) is 0.770. The molecular weight excluding hydrogens is 330 g/mol. The van der Waals surface area contributed by atoms with Gasteiger partial charge in [0.2, 0.25) is 0 Å². The minimum Gasteiger partial charge on any atom is -0.387 e. The zero-order valence-electron chi connectivity index (χ0n) is 8.57. The molecule has 8 nitrogen and oxygen atoms in total. The van der Waals surface area contributed by atoms with Crippen molar-refractivity contribution in [1.29, 1.82) is 0 Å². The maximum absolute atomic E-state index is 11.1. The molecule has 0 heterocycles. The Kier molecular flexibility index (Phi) is 6.30. The van der Waals surface area contributed by atoms with Crippen LogP contribution in [-0.4, -0.2) is 39.5 Å². The average molecular weight is 343 g/mol. The number of phosphoric acid groups is 2. The third-order valence-corrected chi connectivity index (χ3v) is 5.04. The van der Waals surface area contributed by atoms with Crippen LogP contribution in [0.1, 0.15) is 6.92 Å². The van der Waals surface area contributed by atoms with E-state index in [0.29, 0.717) is 0 Å². The van der Waals surface area contributed by atoms with Crippen LogP contribution in [0.3, 0.4) is 0 Å². The second kappa shape index (κ2) is 6.04. The molecule has 0 aromatic heterocycles. The summed E-state index contributed by atoms with van der Waals surface area (Å²) in [5, 5.41) is 9.50. The van der Waals surface area contributed by atoms with Gasteiger partial charge in [-0.2, -0.15) is 4.31 Å². The van der Waals surface area contributed by atoms with E-state index in [1.165, 1.54) is 6.92 Å². The van der Waals surface area contributed by atoms with Gasteiger partial charge in [-0.05, 0) is 6.92 Å². The van der Waals surface area contributed by atoms with Crippen molar-refractivity contribution in [3.8, 4) is 0 Å². The predicted molar refractivity (Wildman–Crippen MR) is 58.1 cm³/mol. The van der Waals surface area contributed by atoms with Crippen molar-refractivity contribution < 1.29 is 37.4 Å². The van der Waals surface area contributed by atoms with Crippen molar-refractivity contribution in [3.63, 3.8) is 0 Å². The van der Waals surface area contributed by atoms with E-state index in [2.05, 4.69) is 29.3 Å². The second-order valence-corrected chi connectivity index (χ2v) is 6.82. The fourth-order valence-electron chi connectivity index (χ4n) is 0.447. The summed E-state index contributed by atoms with van der Waals surface area (Å²) in [4.78, 5) is 17.8. The Morgan fingerprint density at radius 1 is 1.31 bits per heavy atom. The molecule has 0 saturated heterocycles. The third kappa shape index (κ3) is 7.11. The molecule has 98 valence electrons. The SMILES string of the molecule is COP(=O)(O)OP(=O)(O)OCC(C)(O)CBr. The molecule has 0 bridgehead atoms. The molecule has 3 atom stereocenters. The summed E-state index contributed by atoms with van der Waals surface area (Å²) in [5.74, 6) is 0. The summed E-state index contributed by atoms with van der Waals surface area (Å²) in [6, 6.07) is 0. The van der Waals surface area contributed by atoms with Crippen LogP contribution in [-0.2, 0) is 22.5 Å². The number of phosphoric ester groups is 2. The van der Waals surface area contributed by atoms with Crippen LogP contribution in [0, 0.1) is 0 Å². The van der Waals surface area contributed by atoms with Crippen molar-refractivity contribution >= 4 is 31.6 Å². The Morgan fingerprint density at radius 3 is 2.19 bits per heavy atom. The van der Waals surface area contributed by atoms with Gasteiger partial charge in [0.05, 0.1) is 12.2 Å². The van der Waals surface area contributed by atoms with E-state index in [1.807, 2.05) is 0 Å². The summed E-state index contributed by atoms with van der Waals surface area (Å²) < 4.78 is 34.1. The van der Waals surface area contributed by atoms with Gasteiger partial charge in [0.25, 0.3) is 0 Å². The lowest BCUT2D eigenvalue weighted by atomic mass is 10.2. The normalized spacial score (nSPS) is 23.1. The van der Waals surface area contributed by atoms with Crippen molar-refractivity contribution in [2.24, 2.45) is 0 Å². The smallest absolute Gasteiger partial charge is 0.387 e. The predicted octanol–water partition coefficient (Wildman–Crippen LogP) is 1.01. The molecule has 0 aliphatic heterocycles. The van der Waals surface area contributed by atoms with Gasteiger partial charge in [0, 0.05) is 12.4 Å². The Labute approximate surface area is 101 Å². The van der Waals surface area contributed by atoms with Crippen LogP contribution in [0.25, 0.3) is 0 Å². The van der Waals surface area contributed by atoms with Crippen molar-refractivity contribution in [2.75, 3.05) is 19.0 Å². The van der Waals surface area contributed by atoms with Crippen LogP contribution in [0.4, 0.5) is 0 Å². The summed E-state index contributed by atoms with van der Waals surface area (Å²) in [5.41, 5.74) is -1.41. The summed E-state index contributed by atoms with van der Waals surface area (Å²) >= 11 is 2.94. The number of alkyl halides is 1. The Balaban J connectivity index is 4.38. The molecule has 0 spiro atoms. The number of hydrogen-bond donors (Lipinski definition) is 3. The van der Waals surface area contributed by atoms with Crippen molar-refractivity contribution in [2.45, 2.75) is 12.5 Å². The third-order valence-electron chi connectivity index (χ3n) is 1.26. The summed E-state index contributed by atoms with van der Waals surface area (Å²) in [7, 11) is -8.55. The minimum absolute atomic E-state index is 0.0844. The number of halogens is 1. The molecule has 0 aromatic rings. The molecule has 0 aliphatic rings. The number of aliphatic hydroxyl groups is 1. The first-order valence-corrected chi connectivity index (χ1v) is 8.00. The standard InChI is InChI=1S/C5H13BrO8P2/c1-5(7,3-6)4-13-16(10,11)14-15(8,9)12-2/h7H,3-4H2,1-2H3,(H,8,9)(H,10,11). The topological polar surface area (TPSA) is 123 Å². The minimum atomic E-state index is -4.76. The average Bonchev–Trinajstić information content (AvgIpc) is 2.14. The van der Waals surface area contributed by atoms with E-state index < -0.39 is 27.9 Å². The van der Waals surface area contributed by atoms with Crippen LogP contribution in [0.5, 0.6) is 0 Å². The fourth-order valence-corrected chi connectivity index (χ4v) is 2.55. The van der Waals surface area contributed by atoms with E-state index >= 15 is 0 Å². The highest BCUT2D eigenvalue weighted by Gasteiger charge is 2.36. The molecule has 0 radical (unpaired) electrons. The van der Waals surface area contributed by atoms with E-state index in [1.54, 1.807) is 0 Å². The lowest BCUT2D eigenvalue weighted by Gasteiger charge is -2.22. The van der Waals surface area contributed by atoms with E-state index in [0.717, 1.165) is 7.11 Å². The maximum Gasteiger partial charge on any atom is 0.481 e. The number of hydrogen-bond acceptors (Lipinski definition) is 6. The van der Waals surface area contributed by atoms with Crippen molar-refractivity contribution in [3.05, 3.63) is 0 Å². The van der Waals surface area contributed by atoms with Crippen LogP contribution >= 0.6 is 31.6 Å². The first-order valence-electron chi connectivity index (χ1n) is 3.89. The number of rotatable bonds is 7. The molecule has 0 aromatic carbocycles. The molecule has 0 amide bonds. The Bertz CT molecular complexity index is 318. The van der Waals surface area contributed by atoms with Crippen LogP contribution < -0.4 is 0 Å². The van der Waals surface area contributed by atoms with Gasteiger partial charge in [0.1, 0.15) is 0 Å². The van der Waals surface area contributed by atoms with E-state index in [4.69, 9.17) is 9.79 Å². The molecule has 16 heavy (non-hydrogen) atoms. The van der Waals surface area contributed by atoms with Gasteiger partial charge < -0.3 is 14.9 Å². The van der Waals surface area contributed by atoms with Gasteiger partial charge in [-0.15, -0.1) is 0 Å². The zero-order valence-corrected chi connectivity index (χ0v) is 11.9. The molecule has 11 heteroatoms. The molecule has 3 N–H and O–H groups in total. The van der Waals surface area contributed by atoms with Gasteiger partial charge >= 0.3 is 15.6 Å². The van der Waals surface area contributed by atoms with Gasteiger partial charge in [-0.1, -0.05) is 15.9 Å². The lowest BCUT2D eigenvalue weighted by Crippen LogP contribution is -2.31.